The number of rotatable bonds is 2. The highest BCUT2D eigenvalue weighted by Crippen LogP contribution is 2.42. The van der Waals surface area contributed by atoms with Gasteiger partial charge in [0, 0.05) is 13.6 Å². The molecule has 0 fully saturated rings. The molecule has 4 heteroatoms. The summed E-state index contributed by atoms with van der Waals surface area (Å²) in [6.07, 6.45) is 0. The van der Waals surface area contributed by atoms with Crippen molar-refractivity contribution >= 4 is 69.2 Å². The fourth-order valence-electron chi connectivity index (χ4n) is 2.29. The van der Waals surface area contributed by atoms with Gasteiger partial charge in [-0.1, -0.05) is 50.1 Å². The van der Waals surface area contributed by atoms with Gasteiger partial charge in [-0.25, -0.2) is 0 Å². The Morgan fingerprint density at radius 2 is 1.85 bits per heavy atom. The number of hydrogen-bond donors (Lipinski definition) is 0. The molecule has 0 saturated carbocycles. The zero-order valence-corrected chi connectivity index (χ0v) is 16.2. The van der Waals surface area contributed by atoms with E-state index in [1.54, 1.807) is 11.3 Å². The summed E-state index contributed by atoms with van der Waals surface area (Å²) in [6, 6.07) is 12.8. The van der Waals surface area contributed by atoms with Crippen LogP contribution in [0.2, 0.25) is 0 Å². The first-order valence-corrected chi connectivity index (χ1v) is 9.52. The minimum atomic E-state index is 0.211. The van der Waals surface area contributed by atoms with E-state index in [1.807, 2.05) is 0 Å². The molecule has 1 heterocycles. The van der Waals surface area contributed by atoms with Crippen LogP contribution in [0, 0.1) is 6.92 Å². The maximum atomic E-state index is 3.87. The van der Waals surface area contributed by atoms with E-state index in [0.29, 0.717) is 0 Å². The molecule has 0 aliphatic heterocycles. The number of hydrogen-bond acceptors (Lipinski definition) is 1. The summed E-state index contributed by atoms with van der Waals surface area (Å²) in [5, 5.41) is 3.56. The van der Waals surface area contributed by atoms with Gasteiger partial charge in [0.15, 0.2) is 0 Å². The summed E-state index contributed by atoms with van der Waals surface area (Å²) in [5.41, 5.74) is 3.93. The van der Waals surface area contributed by atoms with Crippen LogP contribution in [0.5, 0.6) is 0 Å². The largest absolute Gasteiger partial charge is 0.142 e. The van der Waals surface area contributed by atoms with Crippen LogP contribution in [-0.4, -0.2) is 0 Å². The number of alkyl halides is 1. The van der Waals surface area contributed by atoms with Crippen molar-refractivity contribution in [1.29, 1.82) is 0 Å². The first-order valence-electron chi connectivity index (χ1n) is 6.13. The number of fused-ring (bicyclic) bond motifs is 1. The predicted molar refractivity (Wildman–Crippen MR) is 99.2 cm³/mol. The first-order chi connectivity index (χ1) is 9.58. The lowest BCUT2D eigenvalue weighted by atomic mass is 10.00. The normalized spacial score (nSPS) is 12.8. The van der Waals surface area contributed by atoms with E-state index >= 15 is 0 Å². The van der Waals surface area contributed by atoms with E-state index in [0.717, 1.165) is 8.95 Å². The Bertz CT molecular complexity index is 776. The molecule has 0 bridgehead atoms. The van der Waals surface area contributed by atoms with Gasteiger partial charge in [-0.3, -0.25) is 0 Å². The molecule has 3 rings (SSSR count). The third-order valence-corrected chi connectivity index (χ3v) is 6.82. The quantitative estimate of drug-likeness (QED) is 0.344. The molecular weight excluding hydrogens is 464 g/mol. The van der Waals surface area contributed by atoms with Crippen molar-refractivity contribution in [3.05, 3.63) is 67.4 Å². The smallest absolute Gasteiger partial charge is 0.0661 e. The highest BCUT2D eigenvalue weighted by atomic mass is 79.9. The van der Waals surface area contributed by atoms with E-state index in [4.69, 9.17) is 0 Å². The number of halogens is 3. The molecule has 3 aromatic rings. The molecule has 0 radical (unpaired) electrons. The van der Waals surface area contributed by atoms with E-state index in [9.17, 15) is 0 Å². The van der Waals surface area contributed by atoms with E-state index in [1.165, 1.54) is 26.8 Å². The van der Waals surface area contributed by atoms with Crippen LogP contribution in [0.1, 0.15) is 21.5 Å². The summed E-state index contributed by atoms with van der Waals surface area (Å²) in [4.78, 5) is 0.211. The second kappa shape index (κ2) is 5.91. The fourth-order valence-corrected chi connectivity index (χ4v) is 5.36. The van der Waals surface area contributed by atoms with Crippen LogP contribution in [0.15, 0.2) is 50.7 Å². The van der Waals surface area contributed by atoms with Crippen molar-refractivity contribution in [2.45, 2.75) is 11.8 Å². The second-order valence-electron chi connectivity index (χ2n) is 4.67. The van der Waals surface area contributed by atoms with Crippen LogP contribution in [0.3, 0.4) is 0 Å². The average Bonchev–Trinajstić information content (AvgIpc) is 2.86. The molecule has 102 valence electrons. The Labute approximate surface area is 147 Å². The monoisotopic (exact) mass is 472 g/mol. The van der Waals surface area contributed by atoms with Crippen LogP contribution in [0.25, 0.3) is 10.1 Å². The van der Waals surface area contributed by atoms with Gasteiger partial charge in [-0.2, -0.15) is 0 Å². The van der Waals surface area contributed by atoms with Crippen molar-refractivity contribution in [1.82, 2.24) is 0 Å². The molecule has 0 amide bonds. The molecule has 1 atom stereocenters. The van der Waals surface area contributed by atoms with Crippen LogP contribution in [-0.2, 0) is 0 Å². The molecule has 0 N–H and O–H groups in total. The SMILES string of the molecule is Cc1ccc(Br)cc1C(Br)c1csc2c(Br)cccc12. The van der Waals surface area contributed by atoms with Crippen molar-refractivity contribution < 1.29 is 0 Å². The molecule has 1 unspecified atom stereocenters. The molecule has 1 aromatic heterocycles. The molecule has 0 spiro atoms. The maximum absolute atomic E-state index is 3.87. The van der Waals surface area contributed by atoms with Gasteiger partial charge in [-0.15, -0.1) is 11.3 Å². The third kappa shape index (κ3) is 2.63. The highest BCUT2D eigenvalue weighted by Gasteiger charge is 2.17. The summed E-state index contributed by atoms with van der Waals surface area (Å²) >= 11 is 12.9. The number of aryl methyl sites for hydroxylation is 1. The van der Waals surface area contributed by atoms with Gasteiger partial charge in [0.1, 0.15) is 0 Å². The van der Waals surface area contributed by atoms with Crippen LogP contribution in [0.4, 0.5) is 0 Å². The molecule has 2 aromatic carbocycles. The fraction of sp³-hybridized carbons (Fsp3) is 0.125. The van der Waals surface area contributed by atoms with Gasteiger partial charge in [0.2, 0.25) is 0 Å². The van der Waals surface area contributed by atoms with Gasteiger partial charge in [0.25, 0.3) is 0 Å². The third-order valence-electron chi connectivity index (χ3n) is 3.37. The number of thiophene rings is 1. The van der Waals surface area contributed by atoms with Gasteiger partial charge in [-0.05, 0) is 68.5 Å². The topological polar surface area (TPSA) is 0 Å². The van der Waals surface area contributed by atoms with E-state index in [-0.39, 0.29) is 4.83 Å². The lowest BCUT2D eigenvalue weighted by Gasteiger charge is -2.13. The Hall–Kier alpha value is -0.160. The lowest BCUT2D eigenvalue weighted by molar-refractivity contribution is 1.16. The molecule has 20 heavy (non-hydrogen) atoms. The van der Waals surface area contributed by atoms with Gasteiger partial charge >= 0.3 is 0 Å². The number of benzene rings is 2. The zero-order chi connectivity index (χ0) is 14.3. The Morgan fingerprint density at radius 3 is 2.65 bits per heavy atom. The van der Waals surface area contributed by atoms with Crippen molar-refractivity contribution in [2.75, 3.05) is 0 Å². The minimum absolute atomic E-state index is 0.211. The molecule has 0 aliphatic carbocycles. The van der Waals surface area contributed by atoms with Crippen molar-refractivity contribution in [2.24, 2.45) is 0 Å². The van der Waals surface area contributed by atoms with Crippen LogP contribution < -0.4 is 0 Å². The Kier molecular flexibility index (Phi) is 4.37. The second-order valence-corrected chi connectivity index (χ2v) is 8.24. The Morgan fingerprint density at radius 1 is 1.05 bits per heavy atom. The molecule has 0 saturated heterocycles. The average molecular weight is 475 g/mol. The summed E-state index contributed by atoms with van der Waals surface area (Å²) in [6.45, 7) is 2.15. The summed E-state index contributed by atoms with van der Waals surface area (Å²) < 4.78 is 3.58. The highest BCUT2D eigenvalue weighted by molar-refractivity contribution is 9.11. The van der Waals surface area contributed by atoms with Crippen molar-refractivity contribution in [3.63, 3.8) is 0 Å². The lowest BCUT2D eigenvalue weighted by Crippen LogP contribution is -1.95. The Balaban J connectivity index is 2.15. The van der Waals surface area contributed by atoms with Gasteiger partial charge < -0.3 is 0 Å². The van der Waals surface area contributed by atoms with Crippen LogP contribution >= 0.6 is 59.1 Å². The summed E-state index contributed by atoms with van der Waals surface area (Å²) in [5.74, 6) is 0. The summed E-state index contributed by atoms with van der Waals surface area (Å²) in [7, 11) is 0. The predicted octanol–water partition coefficient (Wildman–Crippen LogP) is 7.22. The minimum Gasteiger partial charge on any atom is -0.142 e. The molecule has 0 aliphatic rings. The molecular formula is C16H11Br3S. The maximum Gasteiger partial charge on any atom is 0.0661 e. The van der Waals surface area contributed by atoms with E-state index < -0.39 is 0 Å². The first kappa shape index (κ1) is 14.8. The zero-order valence-electron chi connectivity index (χ0n) is 10.7. The standard InChI is InChI=1S/C16H11Br3S/c1-9-5-6-10(17)7-12(9)15(19)13-8-20-16-11(13)3-2-4-14(16)18/h2-8,15H,1H3. The molecule has 0 nitrogen and oxygen atoms in total. The van der Waals surface area contributed by atoms with E-state index in [2.05, 4.69) is 96.5 Å². The van der Waals surface area contributed by atoms with Gasteiger partial charge in [0.05, 0.1) is 4.83 Å². The van der Waals surface area contributed by atoms with Crippen molar-refractivity contribution in [3.8, 4) is 0 Å².